The summed E-state index contributed by atoms with van der Waals surface area (Å²) in [5.74, 6) is 0.870. The van der Waals surface area contributed by atoms with Gasteiger partial charge in [-0.3, -0.25) is 0 Å². The number of carbonyl (C=O) groups is 1. The number of rotatable bonds is 3. The van der Waals surface area contributed by atoms with Gasteiger partial charge >= 0.3 is 5.97 Å². The van der Waals surface area contributed by atoms with Crippen molar-refractivity contribution in [2.45, 2.75) is 70.9 Å². The second-order valence-corrected chi connectivity index (χ2v) is 7.11. The molecule has 0 bridgehead atoms. The standard InChI is InChI=1S/C17H27N3O2/c1-11(2)19-9-6-13(7-10-19)16-18-14(17(21)22)15-12(3)5-4-8-20(15)16/h11-13H,4-10H2,1-3H3,(H,21,22). The van der Waals surface area contributed by atoms with E-state index < -0.39 is 5.97 Å². The lowest BCUT2D eigenvalue weighted by atomic mass is 9.93. The van der Waals surface area contributed by atoms with Gasteiger partial charge in [0.05, 0.1) is 5.69 Å². The molecule has 1 aromatic rings. The van der Waals surface area contributed by atoms with Crippen LogP contribution in [-0.2, 0) is 6.54 Å². The minimum atomic E-state index is -0.872. The average molecular weight is 305 g/mol. The number of carboxylic acids is 1. The molecule has 1 unspecified atom stereocenters. The highest BCUT2D eigenvalue weighted by Gasteiger charge is 2.32. The Kier molecular flexibility index (Phi) is 4.26. The average Bonchev–Trinajstić information content (AvgIpc) is 2.88. The van der Waals surface area contributed by atoms with E-state index in [1.54, 1.807) is 0 Å². The van der Waals surface area contributed by atoms with Crippen LogP contribution in [0.3, 0.4) is 0 Å². The first kappa shape index (κ1) is 15.5. The Labute approximate surface area is 132 Å². The molecule has 0 aromatic carbocycles. The lowest BCUT2D eigenvalue weighted by Gasteiger charge is -2.35. The maximum atomic E-state index is 11.6. The van der Waals surface area contributed by atoms with E-state index in [2.05, 4.69) is 35.2 Å². The summed E-state index contributed by atoms with van der Waals surface area (Å²) in [6.45, 7) is 9.71. The highest BCUT2D eigenvalue weighted by molar-refractivity contribution is 5.87. The van der Waals surface area contributed by atoms with Gasteiger partial charge in [0.15, 0.2) is 5.69 Å². The van der Waals surface area contributed by atoms with Gasteiger partial charge in [0.25, 0.3) is 0 Å². The molecule has 2 aliphatic heterocycles. The van der Waals surface area contributed by atoms with Crippen LogP contribution >= 0.6 is 0 Å². The van der Waals surface area contributed by atoms with E-state index in [9.17, 15) is 9.90 Å². The van der Waals surface area contributed by atoms with Crippen LogP contribution in [-0.4, -0.2) is 44.7 Å². The van der Waals surface area contributed by atoms with E-state index in [0.717, 1.165) is 56.8 Å². The van der Waals surface area contributed by atoms with Crippen molar-refractivity contribution in [3.05, 3.63) is 17.2 Å². The van der Waals surface area contributed by atoms with Crippen molar-refractivity contribution in [1.82, 2.24) is 14.5 Å². The van der Waals surface area contributed by atoms with Crippen LogP contribution < -0.4 is 0 Å². The summed E-state index contributed by atoms with van der Waals surface area (Å²) < 4.78 is 2.23. The molecule has 3 rings (SSSR count). The monoisotopic (exact) mass is 305 g/mol. The molecule has 22 heavy (non-hydrogen) atoms. The first-order chi connectivity index (χ1) is 10.5. The molecule has 5 heteroatoms. The third kappa shape index (κ3) is 2.67. The molecule has 1 N–H and O–H groups in total. The van der Waals surface area contributed by atoms with Crippen molar-refractivity contribution in [2.24, 2.45) is 0 Å². The Balaban J connectivity index is 1.89. The molecule has 122 valence electrons. The molecule has 2 aliphatic rings. The van der Waals surface area contributed by atoms with Crippen molar-refractivity contribution in [2.75, 3.05) is 13.1 Å². The van der Waals surface area contributed by atoms with Crippen LogP contribution in [0.15, 0.2) is 0 Å². The SMILES string of the molecule is CC1CCCn2c(C3CCN(C(C)C)CC3)nc(C(=O)O)c21. The van der Waals surface area contributed by atoms with E-state index in [1.807, 2.05) is 0 Å². The minimum Gasteiger partial charge on any atom is -0.476 e. The second kappa shape index (κ2) is 6.03. The second-order valence-electron chi connectivity index (χ2n) is 7.11. The van der Waals surface area contributed by atoms with Gasteiger partial charge in [-0.25, -0.2) is 9.78 Å². The molecular weight excluding hydrogens is 278 g/mol. The van der Waals surface area contributed by atoms with Gasteiger partial charge in [-0.15, -0.1) is 0 Å². The van der Waals surface area contributed by atoms with E-state index in [0.29, 0.717) is 23.6 Å². The number of carboxylic acid groups (broad SMARTS) is 1. The van der Waals surface area contributed by atoms with Crippen LogP contribution in [0.5, 0.6) is 0 Å². The Morgan fingerprint density at radius 1 is 1.23 bits per heavy atom. The lowest BCUT2D eigenvalue weighted by Crippen LogP contribution is -2.38. The number of imidazole rings is 1. The minimum absolute atomic E-state index is 0.300. The Bertz CT molecular complexity index is 556. The first-order valence-corrected chi connectivity index (χ1v) is 8.56. The summed E-state index contributed by atoms with van der Waals surface area (Å²) in [5.41, 5.74) is 1.26. The molecule has 1 aromatic heterocycles. The maximum Gasteiger partial charge on any atom is 0.356 e. The predicted molar refractivity (Wildman–Crippen MR) is 85.5 cm³/mol. The fourth-order valence-electron chi connectivity index (χ4n) is 4.05. The van der Waals surface area contributed by atoms with Gasteiger partial charge in [0.1, 0.15) is 5.82 Å². The van der Waals surface area contributed by atoms with Gasteiger partial charge < -0.3 is 14.6 Å². The number of likely N-dealkylation sites (tertiary alicyclic amines) is 1. The van der Waals surface area contributed by atoms with E-state index >= 15 is 0 Å². The summed E-state index contributed by atoms with van der Waals surface area (Å²) in [6.07, 6.45) is 4.36. The molecular formula is C17H27N3O2. The van der Waals surface area contributed by atoms with E-state index in [-0.39, 0.29) is 0 Å². The third-order valence-electron chi connectivity index (χ3n) is 5.35. The van der Waals surface area contributed by atoms with Crippen LogP contribution in [0.2, 0.25) is 0 Å². The Morgan fingerprint density at radius 3 is 2.50 bits per heavy atom. The van der Waals surface area contributed by atoms with Crippen molar-refractivity contribution in [1.29, 1.82) is 0 Å². The normalized spacial score (nSPS) is 23.7. The number of aromatic carboxylic acids is 1. The molecule has 0 saturated carbocycles. The predicted octanol–water partition coefficient (Wildman–Crippen LogP) is 3.07. The van der Waals surface area contributed by atoms with Crippen LogP contribution in [0, 0.1) is 0 Å². The zero-order valence-corrected chi connectivity index (χ0v) is 13.9. The summed E-state index contributed by atoms with van der Waals surface area (Å²) >= 11 is 0. The number of nitrogens with zero attached hydrogens (tertiary/aromatic N) is 3. The summed E-state index contributed by atoms with van der Waals surface area (Å²) in [7, 11) is 0. The van der Waals surface area contributed by atoms with Gasteiger partial charge in [-0.1, -0.05) is 6.92 Å². The largest absolute Gasteiger partial charge is 0.476 e. The third-order valence-corrected chi connectivity index (χ3v) is 5.35. The number of fused-ring (bicyclic) bond motifs is 1. The van der Waals surface area contributed by atoms with E-state index in [1.165, 1.54) is 0 Å². The molecule has 0 aliphatic carbocycles. The molecule has 3 heterocycles. The molecule has 0 radical (unpaired) electrons. The van der Waals surface area contributed by atoms with Gasteiger partial charge in [-0.2, -0.15) is 0 Å². The number of hydrogen-bond donors (Lipinski definition) is 1. The lowest BCUT2D eigenvalue weighted by molar-refractivity contribution is 0.0688. The molecule has 1 atom stereocenters. The van der Waals surface area contributed by atoms with Gasteiger partial charge in [0, 0.05) is 18.5 Å². The van der Waals surface area contributed by atoms with Gasteiger partial charge in [-0.05, 0) is 58.5 Å². The van der Waals surface area contributed by atoms with Crippen molar-refractivity contribution in [3.63, 3.8) is 0 Å². The van der Waals surface area contributed by atoms with E-state index in [4.69, 9.17) is 0 Å². The number of hydrogen-bond acceptors (Lipinski definition) is 3. The van der Waals surface area contributed by atoms with Crippen molar-refractivity contribution >= 4 is 5.97 Å². The number of aromatic nitrogens is 2. The molecule has 0 spiro atoms. The zero-order chi connectivity index (χ0) is 15.9. The fourth-order valence-corrected chi connectivity index (χ4v) is 4.05. The Morgan fingerprint density at radius 2 is 1.91 bits per heavy atom. The molecule has 1 fully saturated rings. The van der Waals surface area contributed by atoms with Crippen LogP contribution in [0.25, 0.3) is 0 Å². The fraction of sp³-hybridized carbons (Fsp3) is 0.765. The van der Waals surface area contributed by atoms with Crippen molar-refractivity contribution < 1.29 is 9.90 Å². The van der Waals surface area contributed by atoms with Crippen LogP contribution in [0.1, 0.15) is 80.3 Å². The zero-order valence-electron chi connectivity index (χ0n) is 13.9. The van der Waals surface area contributed by atoms with Crippen molar-refractivity contribution in [3.8, 4) is 0 Å². The maximum absolute atomic E-state index is 11.6. The van der Waals surface area contributed by atoms with Crippen LogP contribution in [0.4, 0.5) is 0 Å². The first-order valence-electron chi connectivity index (χ1n) is 8.56. The van der Waals surface area contributed by atoms with Gasteiger partial charge in [0.2, 0.25) is 0 Å². The number of piperidine rings is 1. The molecule has 0 amide bonds. The quantitative estimate of drug-likeness (QED) is 0.932. The topological polar surface area (TPSA) is 58.4 Å². The summed E-state index contributed by atoms with van der Waals surface area (Å²) in [6, 6.07) is 0.588. The smallest absolute Gasteiger partial charge is 0.356 e. The molecule has 5 nitrogen and oxygen atoms in total. The Hall–Kier alpha value is -1.36. The highest BCUT2D eigenvalue weighted by Crippen LogP contribution is 2.36. The molecule has 1 saturated heterocycles. The summed E-state index contributed by atoms with van der Waals surface area (Å²) in [5, 5.41) is 9.50. The summed E-state index contributed by atoms with van der Waals surface area (Å²) in [4.78, 5) is 18.6. The highest BCUT2D eigenvalue weighted by atomic mass is 16.4.